The minimum atomic E-state index is -0.881. The highest BCUT2D eigenvalue weighted by Crippen LogP contribution is 2.38. The SMILES string of the molecule is CCOc1cc(/C=C2\C(=O)NC(=O)N(c3ccc(OCc4ccc(Cl)cc4Cl)cc3)C2=O)cc(Cl)c1OCc1cccc2ccccc12. The van der Waals surface area contributed by atoms with E-state index in [9.17, 15) is 14.4 Å². The number of hydrogen-bond donors (Lipinski definition) is 1. The lowest BCUT2D eigenvalue weighted by atomic mass is 10.1. The highest BCUT2D eigenvalue weighted by atomic mass is 35.5. The molecule has 1 heterocycles. The van der Waals surface area contributed by atoms with Gasteiger partial charge < -0.3 is 14.2 Å². The van der Waals surface area contributed by atoms with E-state index in [1.54, 1.807) is 42.5 Å². The second kappa shape index (κ2) is 14.4. The lowest BCUT2D eigenvalue weighted by Gasteiger charge is -2.26. The van der Waals surface area contributed by atoms with Crippen LogP contribution in [0.2, 0.25) is 15.1 Å². The van der Waals surface area contributed by atoms with Gasteiger partial charge in [-0.1, -0.05) is 83.3 Å². The van der Waals surface area contributed by atoms with Crippen molar-refractivity contribution in [2.24, 2.45) is 0 Å². The van der Waals surface area contributed by atoms with Crippen LogP contribution >= 0.6 is 34.8 Å². The van der Waals surface area contributed by atoms with Crippen molar-refractivity contribution in [1.82, 2.24) is 5.32 Å². The van der Waals surface area contributed by atoms with Crippen molar-refractivity contribution in [2.45, 2.75) is 20.1 Å². The molecule has 0 bridgehead atoms. The summed E-state index contributed by atoms with van der Waals surface area (Å²) < 4.78 is 17.8. The van der Waals surface area contributed by atoms with Gasteiger partial charge in [-0.25, -0.2) is 9.69 Å². The Kier molecular flexibility index (Phi) is 9.87. The minimum Gasteiger partial charge on any atom is -0.490 e. The zero-order valence-electron chi connectivity index (χ0n) is 25.5. The second-order valence-electron chi connectivity index (χ2n) is 10.7. The summed E-state index contributed by atoms with van der Waals surface area (Å²) in [6.07, 6.45) is 1.35. The fourth-order valence-corrected chi connectivity index (χ4v) is 5.93. The molecular formula is C37H27Cl3N2O6. The zero-order chi connectivity index (χ0) is 33.8. The molecule has 5 aromatic carbocycles. The van der Waals surface area contributed by atoms with Gasteiger partial charge in [0.2, 0.25) is 0 Å². The van der Waals surface area contributed by atoms with Gasteiger partial charge in [-0.05, 0) is 83.4 Å². The molecule has 4 amide bonds. The molecular weight excluding hydrogens is 675 g/mol. The van der Waals surface area contributed by atoms with E-state index in [2.05, 4.69) is 5.32 Å². The van der Waals surface area contributed by atoms with E-state index in [1.807, 2.05) is 49.4 Å². The molecule has 0 unspecified atom stereocenters. The number of halogens is 3. The van der Waals surface area contributed by atoms with Crippen LogP contribution in [0, 0.1) is 0 Å². The second-order valence-corrected chi connectivity index (χ2v) is 11.9. The summed E-state index contributed by atoms with van der Waals surface area (Å²) >= 11 is 18.9. The van der Waals surface area contributed by atoms with E-state index in [0.717, 1.165) is 26.8 Å². The van der Waals surface area contributed by atoms with Gasteiger partial charge >= 0.3 is 6.03 Å². The maximum Gasteiger partial charge on any atom is 0.335 e. The lowest BCUT2D eigenvalue weighted by molar-refractivity contribution is -0.122. The fourth-order valence-electron chi connectivity index (χ4n) is 5.19. The van der Waals surface area contributed by atoms with Crippen LogP contribution in [0.3, 0.4) is 0 Å². The first-order chi connectivity index (χ1) is 23.2. The van der Waals surface area contributed by atoms with Gasteiger partial charge in [-0.2, -0.15) is 0 Å². The molecule has 0 spiro atoms. The molecule has 8 nitrogen and oxygen atoms in total. The quantitative estimate of drug-likeness (QED) is 0.115. The topological polar surface area (TPSA) is 94.2 Å². The highest BCUT2D eigenvalue weighted by Gasteiger charge is 2.37. The average molecular weight is 702 g/mol. The monoisotopic (exact) mass is 700 g/mol. The molecule has 5 aromatic rings. The number of nitrogens with one attached hydrogen (secondary N) is 1. The predicted octanol–water partition coefficient (Wildman–Crippen LogP) is 9.02. The third-order valence-corrected chi connectivity index (χ3v) is 8.37. The van der Waals surface area contributed by atoms with Crippen molar-refractivity contribution in [3.63, 3.8) is 0 Å². The summed E-state index contributed by atoms with van der Waals surface area (Å²) in [6.45, 7) is 2.55. The number of imide groups is 2. The average Bonchev–Trinajstić information content (AvgIpc) is 3.06. The van der Waals surface area contributed by atoms with E-state index >= 15 is 0 Å². The summed E-state index contributed by atoms with van der Waals surface area (Å²) in [5.74, 6) is -0.515. The summed E-state index contributed by atoms with van der Waals surface area (Å²) in [5, 5.41) is 5.58. The predicted molar refractivity (Wildman–Crippen MR) is 187 cm³/mol. The van der Waals surface area contributed by atoms with E-state index < -0.39 is 17.8 Å². The Morgan fingerprint density at radius 3 is 2.27 bits per heavy atom. The highest BCUT2D eigenvalue weighted by molar-refractivity contribution is 6.39. The van der Waals surface area contributed by atoms with Crippen molar-refractivity contribution in [2.75, 3.05) is 11.5 Å². The number of hydrogen-bond acceptors (Lipinski definition) is 6. The molecule has 242 valence electrons. The number of rotatable bonds is 10. The smallest absolute Gasteiger partial charge is 0.335 e. The number of benzene rings is 5. The van der Waals surface area contributed by atoms with E-state index in [0.29, 0.717) is 39.5 Å². The van der Waals surface area contributed by atoms with Crippen molar-refractivity contribution >= 4 is 75.2 Å². The molecule has 1 saturated heterocycles. The van der Waals surface area contributed by atoms with Crippen LogP contribution in [0.5, 0.6) is 17.2 Å². The Balaban J connectivity index is 1.22. The lowest BCUT2D eigenvalue weighted by Crippen LogP contribution is -2.54. The molecule has 6 rings (SSSR count). The van der Waals surface area contributed by atoms with Crippen LogP contribution in [0.1, 0.15) is 23.6 Å². The molecule has 0 aliphatic carbocycles. The first-order valence-corrected chi connectivity index (χ1v) is 16.0. The Morgan fingerprint density at radius 1 is 0.750 bits per heavy atom. The van der Waals surface area contributed by atoms with Gasteiger partial charge in [0.05, 0.1) is 17.3 Å². The number of carbonyl (C=O) groups is 3. The molecule has 1 aliphatic rings. The molecule has 48 heavy (non-hydrogen) atoms. The molecule has 1 fully saturated rings. The van der Waals surface area contributed by atoms with Crippen LogP contribution in [-0.2, 0) is 22.8 Å². The molecule has 0 aromatic heterocycles. The summed E-state index contributed by atoms with van der Waals surface area (Å²) in [6, 6.07) is 27.7. The number of amides is 4. The van der Waals surface area contributed by atoms with Crippen LogP contribution in [0.4, 0.5) is 10.5 Å². The standard InChI is InChI=1S/C37H27Cl3N2O6/c1-2-46-33-18-22(17-32(40)34(33)48-20-24-8-5-7-23-6-3-4-9-29(23)24)16-30-35(43)41-37(45)42(36(30)44)27-12-14-28(15-13-27)47-21-25-10-11-26(38)19-31(25)39/h3-19H,2,20-21H2,1H3,(H,41,43,45)/b30-16+. The van der Waals surface area contributed by atoms with Crippen LogP contribution in [0.15, 0.2) is 103 Å². The summed E-state index contributed by atoms with van der Waals surface area (Å²) in [5.41, 5.74) is 2.07. The normalized spacial score (nSPS) is 14.0. The van der Waals surface area contributed by atoms with Gasteiger partial charge in [0.25, 0.3) is 11.8 Å². The number of anilines is 1. The molecule has 1 aliphatic heterocycles. The molecule has 0 radical (unpaired) electrons. The Morgan fingerprint density at radius 2 is 1.50 bits per heavy atom. The van der Waals surface area contributed by atoms with Gasteiger partial charge in [-0.15, -0.1) is 0 Å². The van der Waals surface area contributed by atoms with Crippen LogP contribution in [-0.4, -0.2) is 24.5 Å². The van der Waals surface area contributed by atoms with Gasteiger partial charge in [0, 0.05) is 15.6 Å². The van der Waals surface area contributed by atoms with Crippen LogP contribution < -0.4 is 24.4 Å². The van der Waals surface area contributed by atoms with Crippen molar-refractivity contribution < 1.29 is 28.6 Å². The molecule has 11 heteroatoms. The van der Waals surface area contributed by atoms with Gasteiger partial charge in [-0.3, -0.25) is 14.9 Å². The number of fused-ring (bicyclic) bond motifs is 1. The third kappa shape index (κ3) is 7.11. The van der Waals surface area contributed by atoms with Gasteiger partial charge in [0.15, 0.2) is 11.5 Å². The number of urea groups is 1. The zero-order valence-corrected chi connectivity index (χ0v) is 27.7. The molecule has 0 atom stereocenters. The Bertz CT molecular complexity index is 2080. The van der Waals surface area contributed by atoms with Crippen molar-refractivity contribution in [3.05, 3.63) is 134 Å². The first kappa shape index (κ1) is 32.9. The maximum atomic E-state index is 13.6. The summed E-state index contributed by atoms with van der Waals surface area (Å²) in [7, 11) is 0. The van der Waals surface area contributed by atoms with E-state index in [4.69, 9.17) is 49.0 Å². The number of nitrogens with zero attached hydrogens (tertiary/aromatic N) is 1. The van der Waals surface area contributed by atoms with Gasteiger partial charge in [0.1, 0.15) is 24.5 Å². The van der Waals surface area contributed by atoms with E-state index in [1.165, 1.54) is 18.2 Å². The van der Waals surface area contributed by atoms with Crippen LogP contribution in [0.25, 0.3) is 16.8 Å². The number of ether oxygens (including phenoxy) is 3. The minimum absolute atomic E-state index is 0.180. The molecule has 0 saturated carbocycles. The van der Waals surface area contributed by atoms with Crippen molar-refractivity contribution in [3.8, 4) is 17.2 Å². The largest absolute Gasteiger partial charge is 0.490 e. The number of barbiturate groups is 1. The maximum absolute atomic E-state index is 13.6. The Hall–Kier alpha value is -5.02. The molecule has 1 N–H and O–H groups in total. The summed E-state index contributed by atoms with van der Waals surface area (Å²) in [4.78, 5) is 40.1. The Labute approximate surface area is 291 Å². The van der Waals surface area contributed by atoms with Crippen molar-refractivity contribution in [1.29, 1.82) is 0 Å². The third-order valence-electron chi connectivity index (χ3n) is 7.50. The number of carbonyl (C=O) groups excluding carboxylic acids is 3. The van der Waals surface area contributed by atoms with E-state index in [-0.39, 0.29) is 29.5 Å². The fraction of sp³-hybridized carbons (Fsp3) is 0.108. The first-order valence-electron chi connectivity index (χ1n) is 14.9.